The summed E-state index contributed by atoms with van der Waals surface area (Å²) < 4.78 is 13.3. The third-order valence-electron chi connectivity index (χ3n) is 5.00. The molecule has 0 aliphatic heterocycles. The number of aliphatic hydroxyl groups is 1. The molecule has 2 N–H and O–H groups in total. The van der Waals surface area contributed by atoms with Crippen molar-refractivity contribution in [3.8, 4) is 0 Å². The van der Waals surface area contributed by atoms with Gasteiger partial charge in [-0.1, -0.05) is 0 Å². The summed E-state index contributed by atoms with van der Waals surface area (Å²) in [6.45, 7) is -0.0165. The average Bonchev–Trinajstić information content (AvgIpc) is 3.07. The fourth-order valence-corrected chi connectivity index (χ4v) is 3.98. The second kappa shape index (κ2) is 5.64. The highest BCUT2D eigenvalue weighted by Gasteiger charge is 2.48. The Labute approximate surface area is 126 Å². The van der Waals surface area contributed by atoms with Gasteiger partial charge in [0.1, 0.15) is 11.4 Å². The van der Waals surface area contributed by atoms with Gasteiger partial charge in [-0.05, 0) is 43.2 Å². The molecule has 4 atom stereocenters. The summed E-state index contributed by atoms with van der Waals surface area (Å²) in [4.78, 5) is 22.6. The lowest BCUT2D eigenvalue weighted by molar-refractivity contribution is -0.385. The maximum Gasteiger partial charge on any atom is 0.282 e. The topological polar surface area (TPSA) is 92.5 Å². The van der Waals surface area contributed by atoms with Crippen molar-refractivity contribution in [3.63, 3.8) is 0 Å². The number of rotatable bonds is 4. The van der Waals surface area contributed by atoms with Gasteiger partial charge in [0.15, 0.2) is 0 Å². The predicted octanol–water partition coefficient (Wildman–Crippen LogP) is 1.87. The molecule has 2 aliphatic carbocycles. The number of nitrogens with zero attached hydrogens (tertiary/aromatic N) is 1. The summed E-state index contributed by atoms with van der Waals surface area (Å²) in [5, 5.41) is 23.3. The number of nitro groups is 1. The Morgan fingerprint density at radius 2 is 2.14 bits per heavy atom. The van der Waals surface area contributed by atoms with Crippen molar-refractivity contribution in [1.82, 2.24) is 5.32 Å². The fourth-order valence-electron chi connectivity index (χ4n) is 3.98. The number of nitrogens with one attached hydrogen (secondary N) is 1. The van der Waals surface area contributed by atoms with Gasteiger partial charge in [0.25, 0.3) is 11.6 Å². The standard InChI is InChI=1S/C15H17FN2O4/c16-10-3-4-13(18(21)22)11(6-10)15(20)17-14-9-2-1-8(5-9)12(14)7-19/h3-4,6,8-9,12,14,19H,1-2,5,7H2,(H,17,20). The van der Waals surface area contributed by atoms with E-state index < -0.39 is 22.3 Å². The smallest absolute Gasteiger partial charge is 0.282 e. The molecule has 7 heteroatoms. The van der Waals surface area contributed by atoms with Gasteiger partial charge in [0, 0.05) is 24.6 Å². The number of aliphatic hydroxyl groups excluding tert-OH is 1. The monoisotopic (exact) mass is 308 g/mol. The normalized spacial score (nSPS) is 29.5. The Balaban J connectivity index is 1.83. The zero-order chi connectivity index (χ0) is 15.9. The van der Waals surface area contributed by atoms with Gasteiger partial charge in [0.2, 0.25) is 0 Å². The largest absolute Gasteiger partial charge is 0.396 e. The van der Waals surface area contributed by atoms with Crippen molar-refractivity contribution in [2.75, 3.05) is 6.61 Å². The molecule has 22 heavy (non-hydrogen) atoms. The minimum absolute atomic E-state index is 0.0165. The Kier molecular flexibility index (Phi) is 3.82. The van der Waals surface area contributed by atoms with Crippen LogP contribution in [-0.2, 0) is 0 Å². The molecule has 0 aromatic heterocycles. The molecular formula is C15H17FN2O4. The number of carbonyl (C=O) groups is 1. The number of hydrogen-bond donors (Lipinski definition) is 2. The van der Waals surface area contributed by atoms with Crippen LogP contribution in [0.3, 0.4) is 0 Å². The molecule has 1 aromatic rings. The van der Waals surface area contributed by atoms with Gasteiger partial charge in [0.05, 0.1) is 4.92 Å². The number of nitro benzene ring substituents is 1. The number of halogens is 1. The molecule has 2 aliphatic rings. The van der Waals surface area contributed by atoms with Crippen molar-refractivity contribution < 1.29 is 19.2 Å². The molecule has 0 spiro atoms. The molecule has 4 unspecified atom stereocenters. The van der Waals surface area contributed by atoms with Crippen LogP contribution in [0.2, 0.25) is 0 Å². The molecule has 1 aromatic carbocycles. The Morgan fingerprint density at radius 1 is 1.41 bits per heavy atom. The summed E-state index contributed by atoms with van der Waals surface area (Å²) in [5.41, 5.74) is -0.688. The zero-order valence-corrected chi connectivity index (χ0v) is 11.9. The Hall–Kier alpha value is -2.02. The maximum absolute atomic E-state index is 13.3. The van der Waals surface area contributed by atoms with E-state index in [2.05, 4.69) is 5.32 Å². The van der Waals surface area contributed by atoms with Crippen LogP contribution in [0.1, 0.15) is 29.6 Å². The second-order valence-electron chi connectivity index (χ2n) is 6.10. The van der Waals surface area contributed by atoms with Crippen molar-refractivity contribution in [3.05, 3.63) is 39.7 Å². The van der Waals surface area contributed by atoms with E-state index in [-0.39, 0.29) is 24.1 Å². The summed E-state index contributed by atoms with van der Waals surface area (Å²) >= 11 is 0. The lowest BCUT2D eigenvalue weighted by Gasteiger charge is -2.30. The molecule has 1 amide bonds. The molecule has 6 nitrogen and oxygen atoms in total. The maximum atomic E-state index is 13.3. The van der Waals surface area contributed by atoms with Gasteiger partial charge in [-0.25, -0.2) is 4.39 Å². The molecule has 0 saturated heterocycles. The van der Waals surface area contributed by atoms with Crippen LogP contribution < -0.4 is 5.32 Å². The quantitative estimate of drug-likeness (QED) is 0.656. The Bertz CT molecular complexity index is 622. The van der Waals surface area contributed by atoms with Crippen LogP contribution in [0.25, 0.3) is 0 Å². The summed E-state index contributed by atoms with van der Waals surface area (Å²) in [7, 11) is 0. The van der Waals surface area contributed by atoms with Crippen LogP contribution in [-0.4, -0.2) is 28.6 Å². The van der Waals surface area contributed by atoms with Gasteiger partial charge in [-0.2, -0.15) is 0 Å². The van der Waals surface area contributed by atoms with Crippen LogP contribution in [0.5, 0.6) is 0 Å². The number of hydrogen-bond acceptors (Lipinski definition) is 4. The molecule has 0 heterocycles. The van der Waals surface area contributed by atoms with Gasteiger partial charge in [-0.3, -0.25) is 14.9 Å². The van der Waals surface area contributed by atoms with E-state index in [0.29, 0.717) is 11.8 Å². The van der Waals surface area contributed by atoms with Crippen molar-refractivity contribution in [2.24, 2.45) is 17.8 Å². The van der Waals surface area contributed by atoms with Gasteiger partial charge >= 0.3 is 0 Å². The lowest BCUT2D eigenvalue weighted by atomic mass is 9.85. The third kappa shape index (κ3) is 2.45. The highest BCUT2D eigenvalue weighted by Crippen LogP contribution is 2.48. The van der Waals surface area contributed by atoms with Crippen LogP contribution in [0.15, 0.2) is 18.2 Å². The third-order valence-corrected chi connectivity index (χ3v) is 5.00. The number of amides is 1. The highest BCUT2D eigenvalue weighted by molar-refractivity contribution is 5.98. The number of carbonyl (C=O) groups excluding carboxylic acids is 1. The van der Waals surface area contributed by atoms with E-state index in [1.807, 2.05) is 0 Å². The summed E-state index contributed by atoms with van der Waals surface area (Å²) in [5.74, 6) is -0.679. The summed E-state index contributed by atoms with van der Waals surface area (Å²) in [6, 6.07) is 2.64. The van der Waals surface area contributed by atoms with E-state index >= 15 is 0 Å². The lowest BCUT2D eigenvalue weighted by Crippen LogP contribution is -2.45. The highest BCUT2D eigenvalue weighted by atomic mass is 19.1. The average molecular weight is 308 g/mol. The van der Waals surface area contributed by atoms with E-state index in [0.717, 1.165) is 37.5 Å². The Morgan fingerprint density at radius 3 is 2.82 bits per heavy atom. The molecule has 118 valence electrons. The van der Waals surface area contributed by atoms with E-state index in [1.54, 1.807) is 0 Å². The van der Waals surface area contributed by atoms with Crippen molar-refractivity contribution in [1.29, 1.82) is 0 Å². The fraction of sp³-hybridized carbons (Fsp3) is 0.533. The van der Waals surface area contributed by atoms with E-state index in [1.165, 1.54) is 0 Å². The summed E-state index contributed by atoms with van der Waals surface area (Å²) in [6.07, 6.45) is 2.99. The van der Waals surface area contributed by atoms with E-state index in [9.17, 15) is 24.4 Å². The van der Waals surface area contributed by atoms with Crippen molar-refractivity contribution >= 4 is 11.6 Å². The van der Waals surface area contributed by atoms with Crippen molar-refractivity contribution in [2.45, 2.75) is 25.3 Å². The molecule has 2 fully saturated rings. The first-order chi connectivity index (χ1) is 10.5. The molecule has 2 bridgehead atoms. The minimum atomic E-state index is -0.696. The number of benzene rings is 1. The SMILES string of the molecule is O=C(NC1C2CCC(C2)C1CO)c1cc(F)ccc1[N+](=O)[O-]. The van der Waals surface area contributed by atoms with Gasteiger partial charge in [-0.15, -0.1) is 0 Å². The first-order valence-corrected chi connectivity index (χ1v) is 7.37. The molecule has 2 saturated carbocycles. The van der Waals surface area contributed by atoms with Gasteiger partial charge < -0.3 is 10.4 Å². The first-order valence-electron chi connectivity index (χ1n) is 7.37. The van der Waals surface area contributed by atoms with E-state index in [4.69, 9.17) is 0 Å². The second-order valence-corrected chi connectivity index (χ2v) is 6.10. The molecule has 0 radical (unpaired) electrons. The van der Waals surface area contributed by atoms with Crippen LogP contribution in [0, 0.1) is 33.7 Å². The minimum Gasteiger partial charge on any atom is -0.396 e. The molecule has 3 rings (SSSR count). The van der Waals surface area contributed by atoms with Crippen LogP contribution >= 0.6 is 0 Å². The predicted molar refractivity (Wildman–Crippen MR) is 75.7 cm³/mol. The molecular weight excluding hydrogens is 291 g/mol. The first kappa shape index (κ1) is 14.9. The number of fused-ring (bicyclic) bond motifs is 2. The zero-order valence-electron chi connectivity index (χ0n) is 11.9. The van der Waals surface area contributed by atoms with Crippen LogP contribution in [0.4, 0.5) is 10.1 Å².